The largest absolute Gasteiger partial charge is 0.473 e. The van der Waals surface area contributed by atoms with E-state index in [1.807, 2.05) is 0 Å². The Bertz CT molecular complexity index is 430. The van der Waals surface area contributed by atoms with Crippen molar-refractivity contribution in [2.45, 2.75) is 31.8 Å². The molecular formula is C13H22FN5O. The molecule has 0 unspecified atom stereocenters. The lowest BCUT2D eigenvalue weighted by atomic mass is 10.3. The molecule has 7 heteroatoms. The summed E-state index contributed by atoms with van der Waals surface area (Å²) in [5, 5.41) is 14.3. The van der Waals surface area contributed by atoms with E-state index in [4.69, 9.17) is 21.3 Å². The SMILES string of the molecule is C=C.C=NC(/N=C(/N)C=N)=C(/F)C(=N)OC1CCCC1.[HH]. The van der Waals surface area contributed by atoms with Gasteiger partial charge in [-0.2, -0.15) is 4.39 Å². The molecule has 20 heavy (non-hydrogen) atoms. The molecule has 0 amide bonds. The number of rotatable bonds is 5. The van der Waals surface area contributed by atoms with Gasteiger partial charge in [-0.1, -0.05) is 0 Å². The van der Waals surface area contributed by atoms with Crippen LogP contribution in [0.25, 0.3) is 0 Å². The van der Waals surface area contributed by atoms with E-state index in [9.17, 15) is 4.39 Å². The second-order valence-electron chi connectivity index (χ2n) is 3.83. The fourth-order valence-electron chi connectivity index (χ4n) is 1.63. The van der Waals surface area contributed by atoms with Crippen molar-refractivity contribution in [3.8, 4) is 0 Å². The van der Waals surface area contributed by atoms with E-state index >= 15 is 0 Å². The maximum absolute atomic E-state index is 13.8. The summed E-state index contributed by atoms with van der Waals surface area (Å²) in [5.41, 5.74) is 5.26. The lowest BCUT2D eigenvalue weighted by Gasteiger charge is -2.12. The highest BCUT2D eigenvalue weighted by Gasteiger charge is 2.21. The molecule has 1 fully saturated rings. The van der Waals surface area contributed by atoms with Crippen LogP contribution in [-0.2, 0) is 4.74 Å². The van der Waals surface area contributed by atoms with E-state index in [0.717, 1.165) is 31.9 Å². The first kappa shape index (κ1) is 17.7. The van der Waals surface area contributed by atoms with Crippen LogP contribution in [0.4, 0.5) is 4.39 Å². The number of aliphatic imine (C=N–C) groups is 2. The molecule has 0 spiro atoms. The molecule has 0 aromatic carbocycles. The number of nitrogens with two attached hydrogens (primary N) is 1. The highest BCUT2D eigenvalue weighted by Crippen LogP contribution is 2.23. The van der Waals surface area contributed by atoms with Gasteiger partial charge in [0.1, 0.15) is 11.9 Å². The Hall–Kier alpha value is -2.31. The zero-order chi connectivity index (χ0) is 15.5. The lowest BCUT2D eigenvalue weighted by molar-refractivity contribution is 0.190. The summed E-state index contributed by atoms with van der Waals surface area (Å²) in [7, 11) is 0. The van der Waals surface area contributed by atoms with Crippen molar-refractivity contribution in [1.82, 2.24) is 0 Å². The minimum atomic E-state index is -1.03. The Balaban J connectivity index is 0. The third-order valence-electron chi connectivity index (χ3n) is 2.52. The quantitative estimate of drug-likeness (QED) is 0.410. The van der Waals surface area contributed by atoms with Crippen LogP contribution in [-0.4, -0.2) is 30.8 Å². The van der Waals surface area contributed by atoms with E-state index in [2.05, 4.69) is 29.9 Å². The second kappa shape index (κ2) is 9.60. The molecule has 4 N–H and O–H groups in total. The number of hydrogen-bond acceptors (Lipinski definition) is 5. The number of amidine groups is 1. The van der Waals surface area contributed by atoms with Gasteiger partial charge in [0.05, 0.1) is 6.21 Å². The fraction of sp³-hybridized carbons (Fsp3) is 0.385. The monoisotopic (exact) mass is 283 g/mol. The van der Waals surface area contributed by atoms with Crippen LogP contribution in [0.1, 0.15) is 27.1 Å². The van der Waals surface area contributed by atoms with Crippen molar-refractivity contribution in [3.63, 3.8) is 0 Å². The maximum Gasteiger partial charge on any atom is 0.247 e. The van der Waals surface area contributed by atoms with Crippen LogP contribution in [0.3, 0.4) is 0 Å². The summed E-state index contributed by atoms with van der Waals surface area (Å²) in [5.74, 6) is -2.31. The minimum Gasteiger partial charge on any atom is -0.473 e. The summed E-state index contributed by atoms with van der Waals surface area (Å²) in [4.78, 5) is 6.85. The van der Waals surface area contributed by atoms with Crippen LogP contribution in [0.2, 0.25) is 0 Å². The van der Waals surface area contributed by atoms with Crippen molar-refractivity contribution in [1.29, 1.82) is 10.8 Å². The normalized spacial score (nSPS) is 16.6. The van der Waals surface area contributed by atoms with Gasteiger partial charge in [0.2, 0.25) is 11.7 Å². The molecule has 1 aliphatic carbocycles. The van der Waals surface area contributed by atoms with Crippen molar-refractivity contribution in [3.05, 3.63) is 24.8 Å². The number of halogens is 1. The van der Waals surface area contributed by atoms with Crippen molar-refractivity contribution in [2.24, 2.45) is 15.7 Å². The first-order valence-corrected chi connectivity index (χ1v) is 6.05. The third kappa shape index (κ3) is 5.55. The summed E-state index contributed by atoms with van der Waals surface area (Å²) >= 11 is 0. The molecular weight excluding hydrogens is 261 g/mol. The van der Waals surface area contributed by atoms with Gasteiger partial charge in [-0.3, -0.25) is 5.41 Å². The topological polar surface area (TPSA) is 108 Å². The molecule has 112 valence electrons. The van der Waals surface area contributed by atoms with Crippen molar-refractivity contribution >= 4 is 24.7 Å². The van der Waals surface area contributed by atoms with E-state index in [1.165, 1.54) is 0 Å². The highest BCUT2D eigenvalue weighted by atomic mass is 19.1. The molecule has 0 heterocycles. The fourth-order valence-corrected chi connectivity index (χ4v) is 1.63. The van der Waals surface area contributed by atoms with Crippen LogP contribution < -0.4 is 5.73 Å². The van der Waals surface area contributed by atoms with Gasteiger partial charge in [-0.25, -0.2) is 9.98 Å². The van der Waals surface area contributed by atoms with E-state index in [0.29, 0.717) is 0 Å². The average molecular weight is 283 g/mol. The van der Waals surface area contributed by atoms with Gasteiger partial charge in [-0.15, -0.1) is 13.2 Å². The first-order valence-electron chi connectivity index (χ1n) is 6.05. The zero-order valence-electron chi connectivity index (χ0n) is 11.4. The Kier molecular flexibility index (Phi) is 8.49. The van der Waals surface area contributed by atoms with E-state index in [1.54, 1.807) is 0 Å². The molecule has 0 aromatic heterocycles. The maximum atomic E-state index is 13.8. The summed E-state index contributed by atoms with van der Waals surface area (Å²) in [6.07, 6.45) is 4.30. The lowest BCUT2D eigenvalue weighted by Crippen LogP contribution is -2.16. The number of hydrogen-bond donors (Lipinski definition) is 3. The predicted octanol–water partition coefficient (Wildman–Crippen LogP) is 2.82. The van der Waals surface area contributed by atoms with Crippen molar-refractivity contribution in [2.75, 3.05) is 0 Å². The summed E-state index contributed by atoms with van der Waals surface area (Å²) < 4.78 is 18.9. The molecule has 6 nitrogen and oxygen atoms in total. The number of ether oxygens (including phenoxy) is 1. The number of nitrogens with one attached hydrogen (secondary N) is 2. The number of nitrogens with zero attached hydrogens (tertiary/aromatic N) is 2. The van der Waals surface area contributed by atoms with Crippen LogP contribution >= 0.6 is 0 Å². The molecule has 1 rings (SSSR count). The molecule has 1 aliphatic rings. The molecule has 0 aromatic rings. The molecule has 0 atom stereocenters. The Morgan fingerprint density at radius 3 is 2.40 bits per heavy atom. The smallest absolute Gasteiger partial charge is 0.247 e. The second-order valence-corrected chi connectivity index (χ2v) is 3.83. The van der Waals surface area contributed by atoms with Gasteiger partial charge < -0.3 is 15.9 Å². The zero-order valence-corrected chi connectivity index (χ0v) is 11.4. The van der Waals surface area contributed by atoms with Gasteiger partial charge in [0.15, 0.2) is 5.82 Å². The minimum absolute atomic E-state index is 0. The third-order valence-corrected chi connectivity index (χ3v) is 2.52. The predicted molar refractivity (Wildman–Crippen MR) is 82.5 cm³/mol. The molecule has 0 radical (unpaired) electrons. The van der Waals surface area contributed by atoms with Gasteiger partial charge in [0, 0.05) is 1.43 Å². The van der Waals surface area contributed by atoms with Gasteiger partial charge in [-0.05, 0) is 32.4 Å². The highest BCUT2D eigenvalue weighted by molar-refractivity contribution is 6.27. The molecule has 0 bridgehead atoms. The molecule has 0 aliphatic heterocycles. The average Bonchev–Trinajstić information content (AvgIpc) is 2.98. The van der Waals surface area contributed by atoms with E-state index < -0.39 is 17.5 Å². The van der Waals surface area contributed by atoms with Gasteiger partial charge >= 0.3 is 0 Å². The van der Waals surface area contributed by atoms with Gasteiger partial charge in [0.25, 0.3) is 0 Å². The van der Waals surface area contributed by atoms with E-state index in [-0.39, 0.29) is 13.4 Å². The van der Waals surface area contributed by atoms with Crippen LogP contribution in [0.15, 0.2) is 34.8 Å². The Morgan fingerprint density at radius 1 is 1.40 bits per heavy atom. The summed E-state index contributed by atoms with van der Waals surface area (Å²) in [6, 6.07) is 0. The first-order chi connectivity index (χ1) is 9.58. The van der Waals surface area contributed by atoms with Crippen molar-refractivity contribution < 1.29 is 10.6 Å². The van der Waals surface area contributed by atoms with Crippen LogP contribution in [0, 0.1) is 10.8 Å². The standard InChI is InChI=1S/C11H16FN5O.C2H4.H2/c1-16-11(17-8(14)6-13)9(12)10(15)18-7-4-2-3-5-7;1-2;/h6-7,13,15H,1-5H2,(H2,14,17);1-2H2;1H/b11-9-,13-6?,15-10?;;. The Morgan fingerprint density at radius 2 is 1.95 bits per heavy atom. The Labute approximate surface area is 119 Å². The molecule has 1 saturated carbocycles. The van der Waals surface area contributed by atoms with Crippen LogP contribution in [0.5, 0.6) is 0 Å². The summed E-state index contributed by atoms with van der Waals surface area (Å²) in [6.45, 7) is 9.15. The molecule has 0 saturated heterocycles.